The molecule has 1 fully saturated rings. The highest BCUT2D eigenvalue weighted by atomic mass is 35.5. The third kappa shape index (κ3) is 3.97. The van der Waals surface area contributed by atoms with Crippen molar-refractivity contribution in [2.24, 2.45) is 0 Å². The molecule has 1 aliphatic rings. The summed E-state index contributed by atoms with van der Waals surface area (Å²) in [6, 6.07) is 16.0. The van der Waals surface area contributed by atoms with Crippen molar-refractivity contribution in [2.75, 3.05) is 0 Å². The Balaban J connectivity index is 1.51. The molecule has 0 spiro atoms. The van der Waals surface area contributed by atoms with Crippen LogP contribution in [0.3, 0.4) is 0 Å². The van der Waals surface area contributed by atoms with Crippen molar-refractivity contribution in [3.63, 3.8) is 0 Å². The van der Waals surface area contributed by atoms with Gasteiger partial charge in [-0.15, -0.1) is 0 Å². The Labute approximate surface area is 176 Å². The number of nitrogens with one attached hydrogen (secondary N) is 1. The normalized spacial score (nSPS) is 15.0. The van der Waals surface area contributed by atoms with E-state index in [0.717, 1.165) is 10.5 Å². The number of aromatic carboxylic acids is 1. The summed E-state index contributed by atoms with van der Waals surface area (Å²) in [5.74, 6) is -0.582. The smallest absolute Gasteiger partial charge is 0.335 e. The van der Waals surface area contributed by atoms with E-state index in [1.807, 2.05) is 0 Å². The molecule has 0 unspecified atom stereocenters. The maximum atomic E-state index is 12.6. The molecular weight excluding hydrogens is 408 g/mol. The molecule has 2 aromatic carbocycles. The van der Waals surface area contributed by atoms with E-state index in [-0.39, 0.29) is 17.8 Å². The van der Waals surface area contributed by atoms with Crippen molar-refractivity contribution in [2.45, 2.75) is 6.54 Å². The van der Waals surface area contributed by atoms with Gasteiger partial charge in [0.05, 0.1) is 12.1 Å². The highest BCUT2D eigenvalue weighted by Gasteiger charge is 2.33. The number of carbonyl (C=O) groups is 3. The molecule has 0 atom stereocenters. The number of benzene rings is 2. The van der Waals surface area contributed by atoms with E-state index in [1.165, 1.54) is 18.2 Å². The second kappa shape index (κ2) is 7.88. The highest BCUT2D eigenvalue weighted by molar-refractivity contribution is 6.30. The molecule has 1 aromatic heterocycles. The Morgan fingerprint density at radius 2 is 1.73 bits per heavy atom. The minimum atomic E-state index is -1.01. The molecule has 1 aliphatic heterocycles. The van der Waals surface area contributed by atoms with Crippen molar-refractivity contribution in [1.82, 2.24) is 10.2 Å². The van der Waals surface area contributed by atoms with Gasteiger partial charge in [0.2, 0.25) is 0 Å². The number of carbonyl (C=O) groups excluding carboxylic acids is 2. The SMILES string of the molecule is O=C(O)c1ccc(-c2ccc(C=C3NC(=O)N(Cc4ccc(Cl)cc4)C3=O)o2)cc1. The van der Waals surface area contributed by atoms with E-state index in [2.05, 4.69) is 5.32 Å². The van der Waals surface area contributed by atoms with Crippen LogP contribution < -0.4 is 5.32 Å². The van der Waals surface area contributed by atoms with E-state index in [1.54, 1.807) is 48.5 Å². The number of nitrogens with zero attached hydrogens (tertiary/aromatic N) is 1. The number of furan rings is 1. The van der Waals surface area contributed by atoms with E-state index < -0.39 is 17.9 Å². The fourth-order valence-electron chi connectivity index (χ4n) is 2.99. The van der Waals surface area contributed by atoms with Gasteiger partial charge in [-0.2, -0.15) is 0 Å². The van der Waals surface area contributed by atoms with Gasteiger partial charge in [-0.3, -0.25) is 9.69 Å². The van der Waals surface area contributed by atoms with E-state index in [0.29, 0.717) is 22.1 Å². The van der Waals surface area contributed by atoms with Crippen molar-refractivity contribution >= 4 is 35.6 Å². The zero-order valence-corrected chi connectivity index (χ0v) is 16.2. The molecule has 1 saturated heterocycles. The topological polar surface area (TPSA) is 99.9 Å². The first kappa shape index (κ1) is 19.5. The third-order valence-electron chi connectivity index (χ3n) is 4.55. The number of carboxylic acid groups (broad SMARTS) is 1. The standard InChI is InChI=1S/C22H15ClN2O5/c23-16-7-1-13(2-8-16)12-25-20(26)18(24-22(25)29)11-17-9-10-19(30-17)14-3-5-15(6-4-14)21(27)28/h1-11H,12H2,(H,24,29)(H,27,28). The van der Waals surface area contributed by atoms with Gasteiger partial charge in [-0.25, -0.2) is 9.59 Å². The van der Waals surface area contributed by atoms with Gasteiger partial charge in [0.25, 0.3) is 5.91 Å². The van der Waals surface area contributed by atoms with Crippen LogP contribution in [0.25, 0.3) is 17.4 Å². The lowest BCUT2D eigenvalue weighted by molar-refractivity contribution is -0.123. The zero-order chi connectivity index (χ0) is 21.3. The predicted octanol–water partition coefficient (Wildman–Crippen LogP) is 4.39. The predicted molar refractivity (Wildman–Crippen MR) is 110 cm³/mol. The van der Waals surface area contributed by atoms with Gasteiger partial charge < -0.3 is 14.8 Å². The zero-order valence-electron chi connectivity index (χ0n) is 15.5. The van der Waals surface area contributed by atoms with Crippen LogP contribution in [-0.2, 0) is 11.3 Å². The average Bonchev–Trinajstić information content (AvgIpc) is 3.30. The lowest BCUT2D eigenvalue weighted by Crippen LogP contribution is -2.30. The molecule has 4 rings (SSSR count). The van der Waals surface area contributed by atoms with Crippen molar-refractivity contribution in [1.29, 1.82) is 0 Å². The molecule has 150 valence electrons. The van der Waals surface area contributed by atoms with Crippen LogP contribution >= 0.6 is 11.6 Å². The van der Waals surface area contributed by atoms with Crippen LogP contribution in [0, 0.1) is 0 Å². The average molecular weight is 423 g/mol. The Morgan fingerprint density at radius 1 is 1.03 bits per heavy atom. The summed E-state index contributed by atoms with van der Waals surface area (Å²) >= 11 is 5.86. The van der Waals surface area contributed by atoms with E-state index in [4.69, 9.17) is 21.1 Å². The first-order valence-corrected chi connectivity index (χ1v) is 9.31. The molecule has 3 aromatic rings. The molecule has 0 bridgehead atoms. The van der Waals surface area contributed by atoms with Gasteiger partial charge in [0, 0.05) is 16.7 Å². The van der Waals surface area contributed by atoms with Crippen molar-refractivity contribution < 1.29 is 23.9 Å². The van der Waals surface area contributed by atoms with Crippen LogP contribution in [0.2, 0.25) is 5.02 Å². The summed E-state index contributed by atoms with van der Waals surface area (Å²) in [4.78, 5) is 36.9. The second-order valence-corrected chi connectivity index (χ2v) is 7.03. The van der Waals surface area contributed by atoms with Gasteiger partial charge in [-0.1, -0.05) is 35.9 Å². The van der Waals surface area contributed by atoms with Crippen LogP contribution in [0.4, 0.5) is 4.79 Å². The Bertz CT molecular complexity index is 1160. The number of imide groups is 1. The summed E-state index contributed by atoms with van der Waals surface area (Å²) < 4.78 is 5.72. The summed E-state index contributed by atoms with van der Waals surface area (Å²) in [6.45, 7) is 0.124. The van der Waals surface area contributed by atoms with Gasteiger partial charge in [0.1, 0.15) is 17.2 Å². The summed E-state index contributed by atoms with van der Waals surface area (Å²) in [7, 11) is 0. The number of rotatable bonds is 5. The summed E-state index contributed by atoms with van der Waals surface area (Å²) in [5, 5.41) is 12.1. The van der Waals surface area contributed by atoms with Crippen molar-refractivity contribution in [3.05, 3.63) is 88.3 Å². The number of carboxylic acids is 1. The first-order chi connectivity index (χ1) is 14.4. The Hall–Kier alpha value is -3.84. The maximum absolute atomic E-state index is 12.6. The second-order valence-electron chi connectivity index (χ2n) is 6.59. The largest absolute Gasteiger partial charge is 0.478 e. The molecule has 2 N–H and O–H groups in total. The number of urea groups is 1. The minimum Gasteiger partial charge on any atom is -0.478 e. The molecule has 30 heavy (non-hydrogen) atoms. The molecule has 0 radical (unpaired) electrons. The molecule has 3 amide bonds. The van der Waals surface area contributed by atoms with Crippen LogP contribution in [-0.4, -0.2) is 27.9 Å². The van der Waals surface area contributed by atoms with Gasteiger partial charge in [0.15, 0.2) is 0 Å². The fourth-order valence-corrected chi connectivity index (χ4v) is 3.12. The first-order valence-electron chi connectivity index (χ1n) is 8.93. The number of halogens is 1. The van der Waals surface area contributed by atoms with Gasteiger partial charge in [-0.05, 0) is 42.0 Å². The monoisotopic (exact) mass is 422 g/mol. The number of hydrogen-bond donors (Lipinski definition) is 2. The fraction of sp³-hybridized carbons (Fsp3) is 0.0455. The summed E-state index contributed by atoms with van der Waals surface area (Å²) in [6.07, 6.45) is 1.46. The lowest BCUT2D eigenvalue weighted by Gasteiger charge is -2.11. The molecule has 0 saturated carbocycles. The molecule has 7 nitrogen and oxygen atoms in total. The van der Waals surface area contributed by atoms with E-state index >= 15 is 0 Å². The molecular formula is C22H15ClN2O5. The minimum absolute atomic E-state index is 0.107. The maximum Gasteiger partial charge on any atom is 0.335 e. The van der Waals surface area contributed by atoms with Crippen LogP contribution in [0.15, 0.2) is 70.8 Å². The highest BCUT2D eigenvalue weighted by Crippen LogP contribution is 2.25. The molecule has 2 heterocycles. The van der Waals surface area contributed by atoms with Crippen LogP contribution in [0.1, 0.15) is 21.7 Å². The number of hydrogen-bond acceptors (Lipinski definition) is 4. The quantitative estimate of drug-likeness (QED) is 0.469. The number of amides is 3. The van der Waals surface area contributed by atoms with E-state index in [9.17, 15) is 14.4 Å². The van der Waals surface area contributed by atoms with Crippen LogP contribution in [0.5, 0.6) is 0 Å². The van der Waals surface area contributed by atoms with Crippen molar-refractivity contribution in [3.8, 4) is 11.3 Å². The molecule has 8 heteroatoms. The third-order valence-corrected chi connectivity index (χ3v) is 4.80. The summed E-state index contributed by atoms with van der Waals surface area (Å²) in [5.41, 5.74) is 1.74. The Kier molecular flexibility index (Phi) is 5.12. The molecule has 0 aliphatic carbocycles. The Morgan fingerprint density at radius 3 is 2.40 bits per heavy atom. The lowest BCUT2D eigenvalue weighted by atomic mass is 10.1. The van der Waals surface area contributed by atoms with Gasteiger partial charge >= 0.3 is 12.0 Å².